The minimum absolute atomic E-state index is 0.0587. The van der Waals surface area contributed by atoms with Crippen LogP contribution in [-0.2, 0) is 4.79 Å². The molecular formula is C24H30N4O3. The van der Waals surface area contributed by atoms with E-state index < -0.39 is 0 Å². The van der Waals surface area contributed by atoms with Crippen LogP contribution in [0, 0.1) is 5.92 Å². The number of hydrogen-bond acceptors (Lipinski definition) is 4. The van der Waals surface area contributed by atoms with Gasteiger partial charge in [0, 0.05) is 49.7 Å². The lowest BCUT2D eigenvalue weighted by Gasteiger charge is -2.30. The Labute approximate surface area is 183 Å². The Bertz CT molecular complexity index is 932. The first-order chi connectivity index (χ1) is 14.8. The first-order valence-corrected chi connectivity index (χ1v) is 10.6. The second-order valence-corrected chi connectivity index (χ2v) is 8.23. The zero-order valence-electron chi connectivity index (χ0n) is 18.4. The lowest BCUT2D eigenvalue weighted by Crippen LogP contribution is -2.37. The fraction of sp³-hybridized carbons (Fsp3) is 0.375. The largest absolute Gasteiger partial charge is 0.376 e. The van der Waals surface area contributed by atoms with Crippen LogP contribution >= 0.6 is 0 Å². The Balaban J connectivity index is 1.51. The fourth-order valence-corrected chi connectivity index (χ4v) is 3.50. The van der Waals surface area contributed by atoms with Gasteiger partial charge in [0.05, 0.1) is 6.54 Å². The highest BCUT2D eigenvalue weighted by molar-refractivity contribution is 5.98. The minimum Gasteiger partial charge on any atom is -0.376 e. The van der Waals surface area contributed by atoms with Gasteiger partial charge in [-0.1, -0.05) is 13.0 Å². The van der Waals surface area contributed by atoms with Gasteiger partial charge >= 0.3 is 0 Å². The van der Waals surface area contributed by atoms with E-state index in [4.69, 9.17) is 0 Å². The predicted molar refractivity (Wildman–Crippen MR) is 122 cm³/mol. The molecule has 1 aliphatic rings. The van der Waals surface area contributed by atoms with E-state index in [1.165, 1.54) is 4.90 Å². The van der Waals surface area contributed by atoms with Crippen molar-refractivity contribution in [3.05, 3.63) is 59.7 Å². The number of likely N-dealkylation sites (tertiary alicyclic amines) is 1. The fourth-order valence-electron chi connectivity index (χ4n) is 3.50. The molecule has 1 fully saturated rings. The summed E-state index contributed by atoms with van der Waals surface area (Å²) in [5.41, 5.74) is 2.50. The summed E-state index contributed by atoms with van der Waals surface area (Å²) in [5.74, 6) is 0.390. The highest BCUT2D eigenvalue weighted by Crippen LogP contribution is 2.19. The zero-order chi connectivity index (χ0) is 22.4. The number of anilines is 2. The normalized spacial score (nSPS) is 14.1. The molecule has 0 radical (unpaired) electrons. The van der Waals surface area contributed by atoms with Crippen LogP contribution in [0.1, 0.15) is 40.5 Å². The van der Waals surface area contributed by atoms with Crippen molar-refractivity contribution >= 4 is 29.1 Å². The quantitative estimate of drug-likeness (QED) is 0.748. The van der Waals surface area contributed by atoms with E-state index >= 15 is 0 Å². The van der Waals surface area contributed by atoms with Crippen LogP contribution in [0.5, 0.6) is 0 Å². The summed E-state index contributed by atoms with van der Waals surface area (Å²) in [5, 5.41) is 5.85. The average molecular weight is 423 g/mol. The molecule has 31 heavy (non-hydrogen) atoms. The van der Waals surface area contributed by atoms with Gasteiger partial charge in [-0.3, -0.25) is 14.4 Å². The summed E-state index contributed by atoms with van der Waals surface area (Å²) in [4.78, 5) is 40.4. The molecule has 2 aromatic rings. The van der Waals surface area contributed by atoms with Gasteiger partial charge in [0.15, 0.2) is 0 Å². The summed E-state index contributed by atoms with van der Waals surface area (Å²) in [6.07, 6.45) is 2.10. The van der Waals surface area contributed by atoms with Crippen LogP contribution in [0.2, 0.25) is 0 Å². The van der Waals surface area contributed by atoms with Crippen molar-refractivity contribution in [1.82, 2.24) is 9.80 Å². The molecule has 0 aromatic heterocycles. The molecule has 3 rings (SSSR count). The molecule has 7 heteroatoms. The Hall–Kier alpha value is -3.35. The average Bonchev–Trinajstić information content (AvgIpc) is 2.77. The maximum Gasteiger partial charge on any atom is 0.253 e. The van der Waals surface area contributed by atoms with Gasteiger partial charge < -0.3 is 20.4 Å². The van der Waals surface area contributed by atoms with Gasteiger partial charge in [-0.05, 0) is 61.2 Å². The molecule has 7 nitrogen and oxygen atoms in total. The zero-order valence-corrected chi connectivity index (χ0v) is 18.4. The lowest BCUT2D eigenvalue weighted by atomic mass is 9.98. The maximum absolute atomic E-state index is 12.6. The smallest absolute Gasteiger partial charge is 0.253 e. The second kappa shape index (κ2) is 10.1. The van der Waals surface area contributed by atoms with Crippen molar-refractivity contribution in [2.24, 2.45) is 5.92 Å². The first-order valence-electron chi connectivity index (χ1n) is 10.6. The van der Waals surface area contributed by atoms with Gasteiger partial charge in [0.25, 0.3) is 11.8 Å². The van der Waals surface area contributed by atoms with Crippen molar-refractivity contribution in [3.63, 3.8) is 0 Å². The number of amides is 3. The number of rotatable bonds is 6. The van der Waals surface area contributed by atoms with E-state index in [1.54, 1.807) is 50.5 Å². The van der Waals surface area contributed by atoms with E-state index in [0.717, 1.165) is 31.6 Å². The van der Waals surface area contributed by atoms with Crippen molar-refractivity contribution in [2.45, 2.75) is 19.8 Å². The van der Waals surface area contributed by atoms with Crippen molar-refractivity contribution in [1.29, 1.82) is 0 Å². The van der Waals surface area contributed by atoms with Crippen LogP contribution in [0.25, 0.3) is 0 Å². The number of nitrogens with zero attached hydrogens (tertiary/aromatic N) is 2. The van der Waals surface area contributed by atoms with E-state index in [0.29, 0.717) is 22.7 Å². The summed E-state index contributed by atoms with van der Waals surface area (Å²) in [6.45, 7) is 3.91. The molecule has 0 unspecified atom stereocenters. The standard InChI is InChI=1S/C24H30N4O3/c1-17-11-13-28(14-12-17)24(31)18-7-9-20(10-8-18)25-16-22(29)26-21-6-4-5-19(15-21)23(30)27(2)3/h4-10,15,17,25H,11-14,16H2,1-3H3,(H,26,29). The van der Waals surface area contributed by atoms with E-state index in [1.807, 2.05) is 17.0 Å². The molecule has 3 amide bonds. The SMILES string of the molecule is CC1CCN(C(=O)c2ccc(NCC(=O)Nc3cccc(C(=O)N(C)C)c3)cc2)CC1. The van der Waals surface area contributed by atoms with Crippen LogP contribution in [0.3, 0.4) is 0 Å². The summed E-state index contributed by atoms with van der Waals surface area (Å²) < 4.78 is 0. The lowest BCUT2D eigenvalue weighted by molar-refractivity contribution is -0.114. The van der Waals surface area contributed by atoms with Gasteiger partial charge in [-0.25, -0.2) is 0 Å². The molecule has 0 saturated carbocycles. The van der Waals surface area contributed by atoms with Crippen LogP contribution in [0.15, 0.2) is 48.5 Å². The van der Waals surface area contributed by atoms with E-state index in [9.17, 15) is 14.4 Å². The van der Waals surface area contributed by atoms with Gasteiger partial charge in [0.2, 0.25) is 5.91 Å². The minimum atomic E-state index is -0.225. The van der Waals surface area contributed by atoms with Crippen molar-refractivity contribution in [2.75, 3.05) is 44.4 Å². The molecule has 2 N–H and O–H groups in total. The van der Waals surface area contributed by atoms with Gasteiger partial charge in [-0.2, -0.15) is 0 Å². The summed E-state index contributed by atoms with van der Waals surface area (Å²) in [6, 6.07) is 14.0. The van der Waals surface area contributed by atoms with Crippen LogP contribution in [0.4, 0.5) is 11.4 Å². The van der Waals surface area contributed by atoms with Gasteiger partial charge in [0.1, 0.15) is 0 Å². The van der Waals surface area contributed by atoms with Crippen molar-refractivity contribution < 1.29 is 14.4 Å². The highest BCUT2D eigenvalue weighted by atomic mass is 16.2. The predicted octanol–water partition coefficient (Wildman–Crippen LogP) is 3.31. The maximum atomic E-state index is 12.6. The topological polar surface area (TPSA) is 81.8 Å². The molecule has 164 valence electrons. The third-order valence-corrected chi connectivity index (χ3v) is 5.46. The van der Waals surface area contributed by atoms with Crippen molar-refractivity contribution in [3.8, 4) is 0 Å². The molecule has 1 saturated heterocycles. The Morgan fingerprint density at radius 2 is 1.65 bits per heavy atom. The molecule has 1 aliphatic heterocycles. The Kier molecular flexibility index (Phi) is 7.28. The Morgan fingerprint density at radius 3 is 2.29 bits per heavy atom. The number of carbonyl (C=O) groups excluding carboxylic acids is 3. The molecule has 2 aromatic carbocycles. The molecule has 1 heterocycles. The van der Waals surface area contributed by atoms with E-state index in [2.05, 4.69) is 17.6 Å². The first kappa shape index (κ1) is 22.3. The molecular weight excluding hydrogens is 392 g/mol. The third kappa shape index (κ3) is 6.07. The van der Waals surface area contributed by atoms with Crippen LogP contribution < -0.4 is 10.6 Å². The number of carbonyl (C=O) groups is 3. The van der Waals surface area contributed by atoms with E-state index in [-0.39, 0.29) is 24.3 Å². The third-order valence-electron chi connectivity index (χ3n) is 5.46. The van der Waals surface area contributed by atoms with Gasteiger partial charge in [-0.15, -0.1) is 0 Å². The molecule has 0 atom stereocenters. The van der Waals surface area contributed by atoms with Crippen LogP contribution in [-0.4, -0.2) is 61.3 Å². The molecule has 0 bridgehead atoms. The summed E-state index contributed by atoms with van der Waals surface area (Å²) in [7, 11) is 3.37. The number of piperidine rings is 1. The number of benzene rings is 2. The highest BCUT2D eigenvalue weighted by Gasteiger charge is 2.21. The molecule has 0 aliphatic carbocycles. The second-order valence-electron chi connectivity index (χ2n) is 8.23. The summed E-state index contributed by atoms with van der Waals surface area (Å²) >= 11 is 0. The molecule has 0 spiro atoms. The Morgan fingerprint density at radius 1 is 0.968 bits per heavy atom. The number of nitrogens with one attached hydrogen (secondary N) is 2. The monoisotopic (exact) mass is 422 g/mol. The number of hydrogen-bond donors (Lipinski definition) is 2.